The monoisotopic (exact) mass is 702 g/mol. The van der Waals surface area contributed by atoms with Crippen molar-refractivity contribution >= 4 is 55.2 Å². The molecule has 0 N–H and O–H groups in total. The number of rotatable bonds is 35. The van der Waals surface area contributed by atoms with Crippen LogP contribution in [0.1, 0.15) is 212 Å². The highest BCUT2D eigenvalue weighted by molar-refractivity contribution is 9.09. The Morgan fingerprint density at radius 1 is 0.250 bits per heavy atom. The molecule has 242 valence electrons. The Bertz CT molecular complexity index is 458. The predicted octanol–water partition coefficient (Wildman–Crippen LogP) is 15.9. The molecule has 0 unspecified atom stereocenters. The molecule has 0 heterocycles. The Kier molecular flexibility index (Phi) is 36.4. The molecule has 0 aliphatic carbocycles. The zero-order chi connectivity index (χ0) is 29.2. The first-order valence-electron chi connectivity index (χ1n) is 18.2. The van der Waals surface area contributed by atoms with E-state index in [1.165, 1.54) is 211 Å². The van der Waals surface area contributed by atoms with Crippen molar-refractivity contribution in [3.63, 3.8) is 0 Å². The summed E-state index contributed by atoms with van der Waals surface area (Å²) in [4.78, 5) is 0. The van der Waals surface area contributed by atoms with Gasteiger partial charge in [0.25, 0.3) is 0 Å². The van der Waals surface area contributed by atoms with Crippen LogP contribution in [0.25, 0.3) is 0 Å². The van der Waals surface area contributed by atoms with Gasteiger partial charge in [0.15, 0.2) is 0 Å². The van der Waals surface area contributed by atoms with Crippen LogP contribution in [-0.2, 0) is 0 Å². The SMILES string of the molecule is Cl[Si](Cl)(Cl)CCCCCCCCCCCCCCCCCCCCCCCCCCCCCCCCCCCBr. The maximum atomic E-state index is 5.93. The van der Waals surface area contributed by atoms with Gasteiger partial charge < -0.3 is 0 Å². The van der Waals surface area contributed by atoms with Crippen molar-refractivity contribution in [3.05, 3.63) is 0 Å². The Morgan fingerprint density at radius 3 is 0.550 bits per heavy atom. The third kappa shape index (κ3) is 39.6. The van der Waals surface area contributed by atoms with E-state index in [0.717, 1.165) is 12.5 Å². The van der Waals surface area contributed by atoms with Gasteiger partial charge in [-0.2, -0.15) is 0 Å². The minimum atomic E-state index is -2.37. The summed E-state index contributed by atoms with van der Waals surface area (Å²) >= 11 is 21.3. The summed E-state index contributed by atoms with van der Waals surface area (Å²) in [6.07, 6.45) is 47.3. The molecule has 0 nitrogen and oxygen atoms in total. The smallest absolute Gasteiger partial charge is 0.126 e. The Labute approximate surface area is 276 Å². The van der Waals surface area contributed by atoms with Crippen LogP contribution >= 0.6 is 49.2 Å². The maximum absolute atomic E-state index is 5.93. The van der Waals surface area contributed by atoms with Crippen molar-refractivity contribution < 1.29 is 0 Å². The average molecular weight is 705 g/mol. The van der Waals surface area contributed by atoms with E-state index in [4.69, 9.17) is 33.2 Å². The van der Waals surface area contributed by atoms with Crippen molar-refractivity contribution in [2.24, 2.45) is 0 Å². The van der Waals surface area contributed by atoms with Crippen molar-refractivity contribution in [3.8, 4) is 0 Å². The van der Waals surface area contributed by atoms with Gasteiger partial charge in [0, 0.05) is 5.33 Å². The summed E-state index contributed by atoms with van der Waals surface area (Å²) in [5.74, 6) is 0. The van der Waals surface area contributed by atoms with Gasteiger partial charge in [-0.3, -0.25) is 0 Å². The van der Waals surface area contributed by atoms with Crippen LogP contribution in [0.4, 0.5) is 0 Å². The maximum Gasteiger partial charge on any atom is 0.341 e. The van der Waals surface area contributed by atoms with Crippen LogP contribution in [0, 0.1) is 0 Å². The van der Waals surface area contributed by atoms with Crippen molar-refractivity contribution in [2.45, 2.75) is 218 Å². The van der Waals surface area contributed by atoms with Gasteiger partial charge in [0.1, 0.15) is 0 Å². The lowest BCUT2D eigenvalue weighted by atomic mass is 10.0. The van der Waals surface area contributed by atoms with Gasteiger partial charge in [-0.15, -0.1) is 33.2 Å². The highest BCUT2D eigenvalue weighted by Gasteiger charge is 2.23. The predicted molar refractivity (Wildman–Crippen MR) is 194 cm³/mol. The molecule has 0 rings (SSSR count). The lowest BCUT2D eigenvalue weighted by molar-refractivity contribution is 0.512. The standard InChI is InChI=1S/C35H70BrCl3Si/c36-34-32-30-28-26-24-22-20-18-16-14-12-10-8-6-4-2-1-3-5-7-9-11-13-15-17-19-21-23-25-27-29-31-33-35-40(37,38)39/h1-35H2. The van der Waals surface area contributed by atoms with E-state index in [9.17, 15) is 0 Å². The lowest BCUT2D eigenvalue weighted by Crippen LogP contribution is -2.07. The molecule has 0 amide bonds. The summed E-state index contributed by atoms with van der Waals surface area (Å²) in [5, 5.41) is 1.18. The Morgan fingerprint density at radius 2 is 0.400 bits per heavy atom. The molecule has 40 heavy (non-hydrogen) atoms. The zero-order valence-electron chi connectivity index (χ0n) is 26.8. The second-order valence-corrected chi connectivity index (χ2v) is 22.8. The van der Waals surface area contributed by atoms with Crippen molar-refractivity contribution in [1.29, 1.82) is 0 Å². The molecule has 5 heteroatoms. The molecule has 0 atom stereocenters. The highest BCUT2D eigenvalue weighted by Crippen LogP contribution is 2.27. The first kappa shape index (κ1) is 41.6. The normalized spacial score (nSPS) is 12.0. The first-order valence-corrected chi connectivity index (χ1v) is 24.6. The number of unbranched alkanes of at least 4 members (excludes halogenated alkanes) is 32. The molecule has 0 aliphatic heterocycles. The third-order valence-corrected chi connectivity index (χ3v) is 11.8. The van der Waals surface area contributed by atoms with E-state index in [1.807, 2.05) is 0 Å². The molecule has 0 radical (unpaired) electrons. The van der Waals surface area contributed by atoms with E-state index in [-0.39, 0.29) is 0 Å². The minimum absolute atomic E-state index is 0.830. The summed E-state index contributed by atoms with van der Waals surface area (Å²) in [6.45, 7) is 0. The summed E-state index contributed by atoms with van der Waals surface area (Å²) in [6, 6.07) is -1.54. The fourth-order valence-corrected chi connectivity index (χ4v) is 8.15. The lowest BCUT2D eigenvalue weighted by Gasteiger charge is -2.07. The molecule has 0 spiro atoms. The Hall–Kier alpha value is 1.57. The van der Waals surface area contributed by atoms with Gasteiger partial charge in [-0.05, 0) is 12.5 Å². The molecule has 0 aromatic carbocycles. The fraction of sp³-hybridized carbons (Fsp3) is 1.00. The van der Waals surface area contributed by atoms with Crippen molar-refractivity contribution in [2.75, 3.05) is 5.33 Å². The van der Waals surface area contributed by atoms with Crippen LogP contribution in [0.15, 0.2) is 0 Å². The summed E-state index contributed by atoms with van der Waals surface area (Å²) < 4.78 is 0. The quantitative estimate of drug-likeness (QED) is 0.0267. The molecule has 0 bridgehead atoms. The largest absolute Gasteiger partial charge is 0.341 e. The highest BCUT2D eigenvalue weighted by atomic mass is 79.9. The second kappa shape index (κ2) is 35.1. The number of hydrogen-bond acceptors (Lipinski definition) is 0. The van der Waals surface area contributed by atoms with Crippen LogP contribution in [-0.4, -0.2) is 11.3 Å². The fourth-order valence-electron chi connectivity index (χ4n) is 5.90. The van der Waals surface area contributed by atoms with Gasteiger partial charge in [0.2, 0.25) is 0 Å². The molecule has 0 fully saturated rings. The summed E-state index contributed by atoms with van der Waals surface area (Å²) in [5.41, 5.74) is 0. The van der Waals surface area contributed by atoms with Crippen molar-refractivity contribution in [1.82, 2.24) is 0 Å². The van der Waals surface area contributed by atoms with Crippen LogP contribution < -0.4 is 0 Å². The van der Waals surface area contributed by atoms with E-state index < -0.39 is 6.00 Å². The van der Waals surface area contributed by atoms with E-state index in [0.29, 0.717) is 0 Å². The van der Waals surface area contributed by atoms with Gasteiger partial charge in [-0.25, -0.2) is 0 Å². The van der Waals surface area contributed by atoms with E-state index in [2.05, 4.69) is 15.9 Å². The molecular formula is C35H70BrCl3Si. The topological polar surface area (TPSA) is 0 Å². The molecule has 0 aromatic heterocycles. The van der Waals surface area contributed by atoms with E-state index >= 15 is 0 Å². The molecule has 0 aliphatic rings. The minimum Gasteiger partial charge on any atom is -0.126 e. The molecule has 0 aromatic rings. The average Bonchev–Trinajstić information content (AvgIpc) is 2.92. The van der Waals surface area contributed by atoms with Crippen LogP contribution in [0.3, 0.4) is 0 Å². The molecule has 0 saturated carbocycles. The van der Waals surface area contributed by atoms with E-state index in [1.54, 1.807) is 0 Å². The van der Waals surface area contributed by atoms with Crippen LogP contribution in [0.2, 0.25) is 6.04 Å². The second-order valence-electron chi connectivity index (χ2n) is 12.7. The zero-order valence-corrected chi connectivity index (χ0v) is 31.6. The van der Waals surface area contributed by atoms with Crippen LogP contribution in [0.5, 0.6) is 0 Å². The molecule has 0 saturated heterocycles. The number of alkyl halides is 1. The number of hydrogen-bond donors (Lipinski definition) is 0. The van der Waals surface area contributed by atoms with Gasteiger partial charge in [0.05, 0.1) is 0 Å². The number of halogens is 4. The third-order valence-electron chi connectivity index (χ3n) is 8.59. The van der Waals surface area contributed by atoms with Gasteiger partial charge in [-0.1, -0.05) is 221 Å². The molecular weight excluding hydrogens is 635 g/mol. The Balaban J connectivity index is 3.04. The summed E-state index contributed by atoms with van der Waals surface area (Å²) in [7, 11) is 0. The van der Waals surface area contributed by atoms with Gasteiger partial charge >= 0.3 is 6.00 Å². The first-order chi connectivity index (χ1) is 19.6.